The van der Waals surface area contributed by atoms with Gasteiger partial charge in [-0.1, -0.05) is 20.3 Å². The molecule has 2 atom stereocenters. The summed E-state index contributed by atoms with van der Waals surface area (Å²) in [6, 6.07) is 0. The summed E-state index contributed by atoms with van der Waals surface area (Å²) < 4.78 is 0. The number of hydrogen-bond donors (Lipinski definition) is 3. The van der Waals surface area contributed by atoms with Crippen molar-refractivity contribution in [3.63, 3.8) is 0 Å². The average molecular weight is 253 g/mol. The fraction of sp³-hybridized carbons (Fsp3) is 0.909. The number of hydrogen-bond acceptors (Lipinski definition) is 3. The molecule has 0 aliphatic carbocycles. The van der Waals surface area contributed by atoms with Crippen LogP contribution in [-0.2, 0) is 4.79 Å². The first-order chi connectivity index (χ1) is 6.94. The Labute approximate surface area is 104 Å². The summed E-state index contributed by atoms with van der Waals surface area (Å²) in [5.41, 5.74) is 5.06. The van der Waals surface area contributed by atoms with E-state index in [1.54, 1.807) is 6.92 Å². The first kappa shape index (κ1) is 18.1. The lowest BCUT2D eigenvalue weighted by molar-refractivity contribution is -0.126. The zero-order valence-electron chi connectivity index (χ0n) is 10.5. The molecule has 0 saturated carbocycles. The van der Waals surface area contributed by atoms with E-state index in [2.05, 4.69) is 5.32 Å². The summed E-state index contributed by atoms with van der Waals surface area (Å²) in [4.78, 5) is 11.6. The number of amides is 1. The maximum Gasteiger partial charge on any atom is 0.239 e. The first-order valence-electron chi connectivity index (χ1n) is 5.69. The molecule has 0 spiro atoms. The van der Waals surface area contributed by atoms with Gasteiger partial charge in [0.1, 0.15) is 0 Å². The third kappa shape index (κ3) is 7.04. The third-order valence-corrected chi connectivity index (χ3v) is 2.52. The molecule has 0 saturated heterocycles. The van der Waals surface area contributed by atoms with Crippen LogP contribution in [0.3, 0.4) is 0 Å². The predicted molar refractivity (Wildman–Crippen MR) is 68.7 cm³/mol. The quantitative estimate of drug-likeness (QED) is 0.637. The Kier molecular flexibility index (Phi) is 9.92. The van der Waals surface area contributed by atoms with Crippen LogP contribution < -0.4 is 11.1 Å². The molecule has 4 nitrogen and oxygen atoms in total. The number of nitrogens with one attached hydrogen (secondary N) is 1. The summed E-state index contributed by atoms with van der Waals surface area (Å²) in [5.74, 6) is -0.132. The lowest BCUT2D eigenvalue weighted by Crippen LogP contribution is -2.51. The number of rotatable bonds is 7. The van der Waals surface area contributed by atoms with Gasteiger partial charge in [-0.15, -0.1) is 12.4 Å². The second-order valence-electron chi connectivity index (χ2n) is 4.27. The van der Waals surface area contributed by atoms with Crippen LogP contribution in [0.4, 0.5) is 0 Å². The monoisotopic (exact) mass is 252 g/mol. The number of carbonyl (C=O) groups is 1. The van der Waals surface area contributed by atoms with Crippen molar-refractivity contribution in [2.24, 2.45) is 5.73 Å². The van der Waals surface area contributed by atoms with Crippen LogP contribution in [0, 0.1) is 0 Å². The second kappa shape index (κ2) is 8.79. The Hall–Kier alpha value is -0.320. The van der Waals surface area contributed by atoms with Gasteiger partial charge in [-0.3, -0.25) is 4.79 Å². The van der Waals surface area contributed by atoms with E-state index in [9.17, 15) is 9.90 Å². The number of halogens is 1. The second-order valence-corrected chi connectivity index (χ2v) is 4.27. The molecule has 0 fully saturated rings. The first-order valence-corrected chi connectivity index (χ1v) is 5.69. The van der Waals surface area contributed by atoms with Crippen molar-refractivity contribution in [2.75, 3.05) is 6.54 Å². The zero-order chi connectivity index (χ0) is 11.9. The molecule has 5 heteroatoms. The molecule has 0 aromatic rings. The highest BCUT2D eigenvalue weighted by molar-refractivity contribution is 5.85. The molecular formula is C11H25ClN2O2. The van der Waals surface area contributed by atoms with Crippen molar-refractivity contribution in [3.05, 3.63) is 0 Å². The van der Waals surface area contributed by atoms with Crippen molar-refractivity contribution in [1.29, 1.82) is 0 Å². The molecule has 1 amide bonds. The molecule has 98 valence electrons. The van der Waals surface area contributed by atoms with Crippen LogP contribution in [0.2, 0.25) is 0 Å². The van der Waals surface area contributed by atoms with Crippen LogP contribution >= 0.6 is 12.4 Å². The number of carbonyl (C=O) groups excluding carboxylic acids is 1. The normalized spacial score (nSPS) is 15.8. The van der Waals surface area contributed by atoms with Gasteiger partial charge in [0.15, 0.2) is 0 Å². The largest absolute Gasteiger partial charge is 0.393 e. The molecule has 0 radical (unpaired) electrons. The summed E-state index contributed by atoms with van der Waals surface area (Å²) in [6.07, 6.45) is 2.53. The Bertz CT molecular complexity index is 198. The van der Waals surface area contributed by atoms with Crippen LogP contribution in [0.5, 0.6) is 0 Å². The van der Waals surface area contributed by atoms with Gasteiger partial charge in [0.2, 0.25) is 5.91 Å². The molecule has 0 bridgehead atoms. The van der Waals surface area contributed by atoms with Gasteiger partial charge in [-0.05, 0) is 26.2 Å². The molecule has 0 rings (SSSR count). The van der Waals surface area contributed by atoms with Gasteiger partial charge in [-0.2, -0.15) is 0 Å². The summed E-state index contributed by atoms with van der Waals surface area (Å²) in [5, 5.41) is 12.0. The van der Waals surface area contributed by atoms with Gasteiger partial charge < -0.3 is 16.2 Å². The number of aliphatic hydroxyl groups excluding tert-OH is 1. The standard InChI is InChI=1S/C11H24N2O2.ClH/c1-4-7-11(3,12)10(15)13-8-6-9(14)5-2;/h9,14H,4-8,12H2,1-3H3,(H,13,15);1H. The zero-order valence-corrected chi connectivity index (χ0v) is 11.3. The molecule has 2 unspecified atom stereocenters. The molecule has 0 heterocycles. The lowest BCUT2D eigenvalue weighted by Gasteiger charge is -2.23. The smallest absolute Gasteiger partial charge is 0.239 e. The third-order valence-electron chi connectivity index (χ3n) is 2.52. The van der Waals surface area contributed by atoms with E-state index in [0.717, 1.165) is 6.42 Å². The van der Waals surface area contributed by atoms with Crippen LogP contribution in [0.15, 0.2) is 0 Å². The fourth-order valence-corrected chi connectivity index (χ4v) is 1.39. The Morgan fingerprint density at radius 2 is 2.06 bits per heavy atom. The van der Waals surface area contributed by atoms with Crippen LogP contribution in [-0.4, -0.2) is 29.2 Å². The molecule has 0 aliphatic heterocycles. The van der Waals surface area contributed by atoms with Gasteiger partial charge in [-0.25, -0.2) is 0 Å². The Morgan fingerprint density at radius 1 is 1.50 bits per heavy atom. The van der Waals surface area contributed by atoms with E-state index in [1.807, 2.05) is 13.8 Å². The van der Waals surface area contributed by atoms with Gasteiger partial charge in [0, 0.05) is 6.54 Å². The van der Waals surface area contributed by atoms with Gasteiger partial charge in [0.25, 0.3) is 0 Å². The summed E-state index contributed by atoms with van der Waals surface area (Å²) in [7, 11) is 0. The van der Waals surface area contributed by atoms with Crippen molar-refractivity contribution in [3.8, 4) is 0 Å². The maximum atomic E-state index is 11.6. The van der Waals surface area contributed by atoms with E-state index >= 15 is 0 Å². The minimum absolute atomic E-state index is 0. The lowest BCUT2D eigenvalue weighted by atomic mass is 9.96. The molecule has 0 aliphatic rings. The van der Waals surface area contributed by atoms with Crippen molar-refractivity contribution in [1.82, 2.24) is 5.32 Å². The van der Waals surface area contributed by atoms with E-state index in [4.69, 9.17) is 5.73 Å². The Balaban J connectivity index is 0. The van der Waals surface area contributed by atoms with Crippen molar-refractivity contribution >= 4 is 18.3 Å². The SMILES string of the molecule is CCCC(C)(N)C(=O)NCCC(O)CC.Cl. The minimum Gasteiger partial charge on any atom is -0.393 e. The van der Waals surface area contributed by atoms with Crippen molar-refractivity contribution < 1.29 is 9.90 Å². The van der Waals surface area contributed by atoms with Gasteiger partial charge >= 0.3 is 0 Å². The number of nitrogens with two attached hydrogens (primary N) is 1. The summed E-state index contributed by atoms with van der Waals surface area (Å²) >= 11 is 0. The van der Waals surface area contributed by atoms with Crippen molar-refractivity contribution in [2.45, 2.75) is 58.1 Å². The topological polar surface area (TPSA) is 75.4 Å². The predicted octanol–water partition coefficient (Wildman–Crippen LogP) is 1.20. The molecule has 0 aromatic carbocycles. The van der Waals surface area contributed by atoms with E-state index in [0.29, 0.717) is 25.8 Å². The van der Waals surface area contributed by atoms with Crippen LogP contribution in [0.1, 0.15) is 46.5 Å². The molecule has 0 aromatic heterocycles. The highest BCUT2D eigenvalue weighted by Crippen LogP contribution is 2.08. The maximum absolute atomic E-state index is 11.6. The molecule has 16 heavy (non-hydrogen) atoms. The fourth-order valence-electron chi connectivity index (χ4n) is 1.39. The van der Waals surface area contributed by atoms with Crippen LogP contribution in [0.25, 0.3) is 0 Å². The average Bonchev–Trinajstić information content (AvgIpc) is 2.17. The van der Waals surface area contributed by atoms with Gasteiger partial charge in [0.05, 0.1) is 11.6 Å². The highest BCUT2D eigenvalue weighted by atomic mass is 35.5. The minimum atomic E-state index is -0.786. The molecular weight excluding hydrogens is 228 g/mol. The Morgan fingerprint density at radius 3 is 2.50 bits per heavy atom. The van der Waals surface area contributed by atoms with E-state index in [-0.39, 0.29) is 24.4 Å². The number of aliphatic hydroxyl groups is 1. The summed E-state index contributed by atoms with van der Waals surface area (Å²) in [6.45, 7) is 6.14. The van der Waals surface area contributed by atoms with E-state index < -0.39 is 5.54 Å². The molecule has 4 N–H and O–H groups in total. The highest BCUT2D eigenvalue weighted by Gasteiger charge is 2.26. The van der Waals surface area contributed by atoms with E-state index in [1.165, 1.54) is 0 Å².